The van der Waals surface area contributed by atoms with E-state index in [0.717, 1.165) is 12.6 Å². The van der Waals surface area contributed by atoms with Crippen LogP contribution in [0.3, 0.4) is 0 Å². The van der Waals surface area contributed by atoms with Crippen molar-refractivity contribution >= 4 is 5.91 Å². The molecular formula is C13H16F2N2O2. The Bertz CT molecular complexity index is 448. The van der Waals surface area contributed by atoms with Crippen LogP contribution in [0.25, 0.3) is 0 Å². The highest BCUT2D eigenvalue weighted by Crippen LogP contribution is 2.09. The van der Waals surface area contributed by atoms with Crippen molar-refractivity contribution in [2.45, 2.75) is 19.1 Å². The SMILES string of the molecule is O=C(CC1CNCCO1)NCc1ccc(F)cc1F. The number of morpholine rings is 1. The van der Waals surface area contributed by atoms with Crippen LogP contribution >= 0.6 is 0 Å². The molecule has 1 atom stereocenters. The lowest BCUT2D eigenvalue weighted by atomic mass is 10.2. The van der Waals surface area contributed by atoms with Gasteiger partial charge >= 0.3 is 0 Å². The molecule has 0 aliphatic carbocycles. The lowest BCUT2D eigenvalue weighted by Crippen LogP contribution is -2.41. The van der Waals surface area contributed by atoms with Crippen LogP contribution in [0.15, 0.2) is 18.2 Å². The van der Waals surface area contributed by atoms with Crippen LogP contribution in [0, 0.1) is 11.6 Å². The molecular weight excluding hydrogens is 254 g/mol. The molecule has 4 nitrogen and oxygen atoms in total. The summed E-state index contributed by atoms with van der Waals surface area (Å²) in [6.45, 7) is 2.06. The second-order valence-corrected chi connectivity index (χ2v) is 4.41. The molecule has 1 fully saturated rings. The highest BCUT2D eigenvalue weighted by Gasteiger charge is 2.17. The highest BCUT2D eigenvalue weighted by molar-refractivity contribution is 5.76. The minimum Gasteiger partial charge on any atom is -0.375 e. The van der Waals surface area contributed by atoms with Gasteiger partial charge < -0.3 is 15.4 Å². The smallest absolute Gasteiger partial charge is 0.222 e. The summed E-state index contributed by atoms with van der Waals surface area (Å²) < 4.78 is 31.4. The summed E-state index contributed by atoms with van der Waals surface area (Å²) in [5.74, 6) is -1.50. The topological polar surface area (TPSA) is 50.4 Å². The Labute approximate surface area is 110 Å². The Morgan fingerprint density at radius 1 is 1.47 bits per heavy atom. The van der Waals surface area contributed by atoms with Crippen molar-refractivity contribution in [2.75, 3.05) is 19.7 Å². The zero-order chi connectivity index (χ0) is 13.7. The Kier molecular flexibility index (Phi) is 4.81. The van der Waals surface area contributed by atoms with Gasteiger partial charge in [0.25, 0.3) is 0 Å². The first-order chi connectivity index (χ1) is 9.15. The average Bonchev–Trinajstić information content (AvgIpc) is 2.39. The summed E-state index contributed by atoms with van der Waals surface area (Å²) in [5, 5.41) is 5.72. The van der Waals surface area contributed by atoms with E-state index >= 15 is 0 Å². The number of benzene rings is 1. The predicted octanol–water partition coefficient (Wildman–Crippen LogP) is 0.960. The van der Waals surface area contributed by atoms with Crippen LogP contribution in [-0.2, 0) is 16.1 Å². The van der Waals surface area contributed by atoms with E-state index in [1.165, 1.54) is 12.1 Å². The van der Waals surface area contributed by atoms with Gasteiger partial charge in [-0.1, -0.05) is 6.07 Å². The van der Waals surface area contributed by atoms with Crippen LogP contribution in [0.5, 0.6) is 0 Å². The zero-order valence-electron chi connectivity index (χ0n) is 10.4. The molecule has 2 N–H and O–H groups in total. The van der Waals surface area contributed by atoms with Crippen molar-refractivity contribution in [3.05, 3.63) is 35.4 Å². The van der Waals surface area contributed by atoms with Gasteiger partial charge in [0.2, 0.25) is 5.91 Å². The summed E-state index contributed by atoms with van der Waals surface area (Å²) in [6, 6.07) is 3.29. The third-order valence-electron chi connectivity index (χ3n) is 2.91. The van der Waals surface area contributed by atoms with E-state index in [0.29, 0.717) is 13.2 Å². The largest absolute Gasteiger partial charge is 0.375 e. The monoisotopic (exact) mass is 270 g/mol. The molecule has 2 rings (SSSR count). The Hall–Kier alpha value is -1.53. The number of halogens is 2. The second-order valence-electron chi connectivity index (χ2n) is 4.41. The third-order valence-corrected chi connectivity index (χ3v) is 2.91. The maximum atomic E-state index is 13.3. The predicted molar refractivity (Wildman–Crippen MR) is 65.4 cm³/mol. The van der Waals surface area contributed by atoms with E-state index in [2.05, 4.69) is 10.6 Å². The molecule has 1 aromatic rings. The maximum Gasteiger partial charge on any atom is 0.222 e. The third kappa shape index (κ3) is 4.25. The second kappa shape index (κ2) is 6.58. The summed E-state index contributed by atoms with van der Waals surface area (Å²) in [7, 11) is 0. The Morgan fingerprint density at radius 2 is 2.32 bits per heavy atom. The van der Waals surface area contributed by atoms with Crippen molar-refractivity contribution in [3.8, 4) is 0 Å². The molecule has 1 aromatic carbocycles. The van der Waals surface area contributed by atoms with Crippen molar-refractivity contribution < 1.29 is 18.3 Å². The number of carbonyl (C=O) groups is 1. The van der Waals surface area contributed by atoms with Gasteiger partial charge in [-0.05, 0) is 6.07 Å². The lowest BCUT2D eigenvalue weighted by Gasteiger charge is -2.23. The van der Waals surface area contributed by atoms with Crippen molar-refractivity contribution in [1.82, 2.24) is 10.6 Å². The van der Waals surface area contributed by atoms with Gasteiger partial charge in [-0.15, -0.1) is 0 Å². The number of ether oxygens (including phenoxy) is 1. The number of amides is 1. The lowest BCUT2D eigenvalue weighted by molar-refractivity contribution is -0.124. The molecule has 1 aliphatic heterocycles. The van der Waals surface area contributed by atoms with E-state index in [1.54, 1.807) is 0 Å². The molecule has 1 saturated heterocycles. The van der Waals surface area contributed by atoms with Crippen LogP contribution in [-0.4, -0.2) is 31.7 Å². The molecule has 1 aliphatic rings. The van der Waals surface area contributed by atoms with Gasteiger partial charge in [-0.2, -0.15) is 0 Å². The van der Waals surface area contributed by atoms with Crippen LogP contribution in [0.1, 0.15) is 12.0 Å². The van der Waals surface area contributed by atoms with E-state index in [4.69, 9.17) is 4.74 Å². The van der Waals surface area contributed by atoms with Gasteiger partial charge in [0, 0.05) is 31.3 Å². The van der Waals surface area contributed by atoms with E-state index < -0.39 is 11.6 Å². The summed E-state index contributed by atoms with van der Waals surface area (Å²) in [5.41, 5.74) is 0.262. The number of carbonyl (C=O) groups excluding carboxylic acids is 1. The standard InChI is InChI=1S/C13H16F2N2O2/c14-10-2-1-9(12(15)5-10)7-17-13(18)6-11-8-16-3-4-19-11/h1-2,5,11,16H,3-4,6-8H2,(H,17,18). The molecule has 0 saturated carbocycles. The van der Waals surface area contributed by atoms with Gasteiger partial charge in [0.15, 0.2) is 0 Å². The Morgan fingerprint density at radius 3 is 3.00 bits per heavy atom. The molecule has 104 valence electrons. The first kappa shape index (κ1) is 13.9. The van der Waals surface area contributed by atoms with Crippen LogP contribution < -0.4 is 10.6 Å². The van der Waals surface area contributed by atoms with E-state index in [9.17, 15) is 13.6 Å². The molecule has 0 bridgehead atoms. The molecule has 0 spiro atoms. The fraction of sp³-hybridized carbons (Fsp3) is 0.462. The van der Waals surface area contributed by atoms with Crippen molar-refractivity contribution in [1.29, 1.82) is 0 Å². The van der Waals surface area contributed by atoms with E-state index in [1.807, 2.05) is 0 Å². The highest BCUT2D eigenvalue weighted by atomic mass is 19.1. The fourth-order valence-electron chi connectivity index (χ4n) is 1.89. The molecule has 1 unspecified atom stereocenters. The molecule has 0 aromatic heterocycles. The summed E-state index contributed by atoms with van der Waals surface area (Å²) in [4.78, 5) is 11.6. The number of rotatable bonds is 4. The van der Waals surface area contributed by atoms with Gasteiger partial charge in [-0.25, -0.2) is 8.78 Å². The van der Waals surface area contributed by atoms with Crippen molar-refractivity contribution in [3.63, 3.8) is 0 Å². The van der Waals surface area contributed by atoms with Gasteiger partial charge in [-0.3, -0.25) is 4.79 Å². The average molecular weight is 270 g/mol. The Balaban J connectivity index is 1.79. The minimum atomic E-state index is -0.657. The van der Waals surface area contributed by atoms with Crippen LogP contribution in [0.2, 0.25) is 0 Å². The van der Waals surface area contributed by atoms with Gasteiger partial charge in [0.1, 0.15) is 11.6 Å². The first-order valence-corrected chi connectivity index (χ1v) is 6.18. The van der Waals surface area contributed by atoms with E-state index in [-0.39, 0.29) is 30.5 Å². The fourth-order valence-corrected chi connectivity index (χ4v) is 1.89. The number of hydrogen-bond donors (Lipinski definition) is 2. The molecule has 1 heterocycles. The van der Waals surface area contributed by atoms with Crippen molar-refractivity contribution in [2.24, 2.45) is 0 Å². The zero-order valence-corrected chi connectivity index (χ0v) is 10.4. The number of hydrogen-bond acceptors (Lipinski definition) is 3. The first-order valence-electron chi connectivity index (χ1n) is 6.18. The minimum absolute atomic E-state index is 0.0467. The summed E-state index contributed by atoms with van der Waals surface area (Å²) in [6.07, 6.45) is 0.0855. The normalized spacial score (nSPS) is 19.2. The molecule has 0 radical (unpaired) electrons. The maximum absolute atomic E-state index is 13.3. The summed E-state index contributed by atoms with van der Waals surface area (Å²) >= 11 is 0. The molecule has 19 heavy (non-hydrogen) atoms. The quantitative estimate of drug-likeness (QED) is 0.857. The number of nitrogens with one attached hydrogen (secondary N) is 2. The van der Waals surface area contributed by atoms with Crippen LogP contribution in [0.4, 0.5) is 8.78 Å². The van der Waals surface area contributed by atoms with Gasteiger partial charge in [0.05, 0.1) is 19.1 Å². The molecule has 6 heteroatoms. The molecule has 1 amide bonds.